The van der Waals surface area contributed by atoms with Gasteiger partial charge in [0.2, 0.25) is 0 Å². The summed E-state index contributed by atoms with van der Waals surface area (Å²) in [7, 11) is 1.46. The average Bonchev–Trinajstić information content (AvgIpc) is 2.85. The lowest BCUT2D eigenvalue weighted by Crippen LogP contribution is -2.21. The Hall–Kier alpha value is -4.25. The first-order chi connectivity index (χ1) is 17.2. The van der Waals surface area contributed by atoms with Gasteiger partial charge in [-0.3, -0.25) is 19.7 Å². The van der Waals surface area contributed by atoms with Gasteiger partial charge in [0.25, 0.3) is 17.5 Å². The third-order valence-electron chi connectivity index (χ3n) is 4.99. The van der Waals surface area contributed by atoms with Crippen LogP contribution in [0.3, 0.4) is 0 Å². The maximum atomic E-state index is 12.4. The summed E-state index contributed by atoms with van der Waals surface area (Å²) >= 11 is 3.41. The van der Waals surface area contributed by atoms with E-state index >= 15 is 0 Å². The first kappa shape index (κ1) is 26.4. The fourth-order valence-electron chi connectivity index (χ4n) is 3.11. The SMILES string of the molecule is COc1cc(/C=N/NC(=O)c2ccc([N+](=O)[O-])cc2)cc(Br)c1OCC(=O)Nc1cc(C)ccc1C. The van der Waals surface area contributed by atoms with E-state index in [4.69, 9.17) is 9.47 Å². The third kappa shape index (κ3) is 6.89. The van der Waals surface area contributed by atoms with E-state index in [1.807, 2.05) is 32.0 Å². The van der Waals surface area contributed by atoms with E-state index in [2.05, 4.69) is 31.8 Å². The highest BCUT2D eigenvalue weighted by atomic mass is 79.9. The molecule has 2 N–H and O–H groups in total. The van der Waals surface area contributed by atoms with Crippen LogP contribution >= 0.6 is 15.9 Å². The number of ether oxygens (including phenoxy) is 2. The Kier molecular flexibility index (Phi) is 8.74. The van der Waals surface area contributed by atoms with Crippen molar-refractivity contribution in [2.24, 2.45) is 5.10 Å². The van der Waals surface area contributed by atoms with Gasteiger partial charge in [-0.1, -0.05) is 12.1 Å². The maximum Gasteiger partial charge on any atom is 0.271 e. The summed E-state index contributed by atoms with van der Waals surface area (Å²) in [5, 5.41) is 17.5. The summed E-state index contributed by atoms with van der Waals surface area (Å²) in [4.78, 5) is 34.8. The number of non-ortho nitro benzene ring substituents is 1. The summed E-state index contributed by atoms with van der Waals surface area (Å²) in [6.45, 7) is 3.62. The first-order valence-electron chi connectivity index (χ1n) is 10.6. The molecule has 186 valence electrons. The van der Waals surface area contributed by atoms with Gasteiger partial charge < -0.3 is 14.8 Å². The molecule has 0 aliphatic carbocycles. The average molecular weight is 555 g/mol. The number of nitro benzene ring substituents is 1. The van der Waals surface area contributed by atoms with Crippen molar-refractivity contribution < 1.29 is 24.0 Å². The molecule has 36 heavy (non-hydrogen) atoms. The van der Waals surface area contributed by atoms with E-state index in [-0.39, 0.29) is 23.8 Å². The van der Waals surface area contributed by atoms with Crippen molar-refractivity contribution >= 4 is 45.3 Å². The Morgan fingerprint density at radius 1 is 1.11 bits per heavy atom. The second-order valence-corrected chi connectivity index (χ2v) is 8.55. The monoisotopic (exact) mass is 554 g/mol. The van der Waals surface area contributed by atoms with Crippen LogP contribution in [-0.2, 0) is 4.79 Å². The molecule has 3 aromatic rings. The minimum Gasteiger partial charge on any atom is -0.493 e. The summed E-state index contributed by atoms with van der Waals surface area (Å²) in [6.07, 6.45) is 1.40. The lowest BCUT2D eigenvalue weighted by Gasteiger charge is -2.14. The number of halogens is 1. The molecule has 0 aliphatic heterocycles. The van der Waals surface area contributed by atoms with Crippen LogP contribution in [0, 0.1) is 24.0 Å². The van der Waals surface area contributed by atoms with Gasteiger partial charge >= 0.3 is 0 Å². The number of benzene rings is 3. The third-order valence-corrected chi connectivity index (χ3v) is 5.58. The Bertz CT molecular complexity index is 1320. The predicted molar refractivity (Wildman–Crippen MR) is 139 cm³/mol. The van der Waals surface area contributed by atoms with Crippen molar-refractivity contribution in [3.8, 4) is 11.5 Å². The molecule has 0 unspecified atom stereocenters. The van der Waals surface area contributed by atoms with Crippen molar-refractivity contribution in [3.05, 3.63) is 91.4 Å². The van der Waals surface area contributed by atoms with Crippen LogP contribution in [0.5, 0.6) is 11.5 Å². The number of rotatable bonds is 9. The molecule has 10 nitrogen and oxygen atoms in total. The molecule has 0 spiro atoms. The smallest absolute Gasteiger partial charge is 0.271 e. The van der Waals surface area contributed by atoms with Gasteiger partial charge in [-0.05, 0) is 76.8 Å². The van der Waals surface area contributed by atoms with Gasteiger partial charge in [0.1, 0.15) is 0 Å². The number of nitrogens with one attached hydrogen (secondary N) is 2. The van der Waals surface area contributed by atoms with Gasteiger partial charge in [0.05, 0.1) is 22.7 Å². The van der Waals surface area contributed by atoms with Gasteiger partial charge in [-0.25, -0.2) is 5.43 Å². The minimum absolute atomic E-state index is 0.114. The van der Waals surface area contributed by atoms with E-state index < -0.39 is 10.8 Å². The standard InChI is InChI=1S/C25H23BrN4O6/c1-15-4-5-16(2)21(10-15)28-23(31)14-36-24-20(26)11-17(12-22(24)35-3)13-27-29-25(32)18-6-8-19(9-7-18)30(33)34/h4-13H,14H2,1-3H3,(H,28,31)(H,29,32)/b27-13+. The summed E-state index contributed by atoms with van der Waals surface area (Å²) in [6, 6.07) is 14.2. The molecule has 0 aromatic heterocycles. The van der Waals surface area contributed by atoms with Gasteiger partial charge in [0.15, 0.2) is 18.1 Å². The van der Waals surface area contributed by atoms with Crippen LogP contribution in [0.2, 0.25) is 0 Å². The van der Waals surface area contributed by atoms with E-state index in [1.165, 1.54) is 37.6 Å². The number of aryl methyl sites for hydroxylation is 2. The number of amides is 2. The largest absolute Gasteiger partial charge is 0.493 e. The molecule has 0 saturated carbocycles. The van der Waals surface area contributed by atoms with E-state index in [0.29, 0.717) is 21.5 Å². The molecule has 0 fully saturated rings. The molecular formula is C25H23BrN4O6. The zero-order valence-electron chi connectivity index (χ0n) is 19.7. The summed E-state index contributed by atoms with van der Waals surface area (Å²) in [5.41, 5.74) is 5.74. The molecule has 11 heteroatoms. The summed E-state index contributed by atoms with van der Waals surface area (Å²) in [5.74, 6) is -0.160. The van der Waals surface area contributed by atoms with Crippen LogP contribution in [0.4, 0.5) is 11.4 Å². The molecule has 0 atom stereocenters. The molecule has 0 aliphatic rings. The zero-order valence-corrected chi connectivity index (χ0v) is 21.3. The second-order valence-electron chi connectivity index (χ2n) is 7.69. The number of carbonyl (C=O) groups is 2. The van der Waals surface area contributed by atoms with Gasteiger partial charge in [0, 0.05) is 23.4 Å². The number of nitro groups is 1. The van der Waals surface area contributed by atoms with Gasteiger partial charge in [-0.2, -0.15) is 5.10 Å². The van der Waals surface area contributed by atoms with Crippen LogP contribution in [0.1, 0.15) is 27.0 Å². The maximum absolute atomic E-state index is 12.4. The fraction of sp³-hybridized carbons (Fsp3) is 0.160. The minimum atomic E-state index is -0.546. The fourth-order valence-corrected chi connectivity index (χ4v) is 3.69. The number of methoxy groups -OCH3 is 1. The zero-order chi connectivity index (χ0) is 26.2. The topological polar surface area (TPSA) is 132 Å². The lowest BCUT2D eigenvalue weighted by atomic mass is 10.1. The van der Waals surface area contributed by atoms with Crippen LogP contribution in [0.15, 0.2) is 64.2 Å². The van der Waals surface area contributed by atoms with Crippen LogP contribution in [-0.4, -0.2) is 36.7 Å². The number of hydrazone groups is 1. The lowest BCUT2D eigenvalue weighted by molar-refractivity contribution is -0.384. The second kappa shape index (κ2) is 11.9. The molecule has 0 saturated heterocycles. The van der Waals surface area contributed by atoms with Crippen molar-refractivity contribution in [2.75, 3.05) is 19.0 Å². The van der Waals surface area contributed by atoms with Crippen LogP contribution in [0.25, 0.3) is 0 Å². The molecule has 2 amide bonds. The van der Waals surface area contributed by atoms with E-state index in [0.717, 1.165) is 16.8 Å². The number of anilines is 1. The molecular weight excluding hydrogens is 532 g/mol. The molecule has 3 aromatic carbocycles. The number of hydrogen-bond acceptors (Lipinski definition) is 7. The molecule has 0 heterocycles. The van der Waals surface area contributed by atoms with Gasteiger partial charge in [-0.15, -0.1) is 0 Å². The highest BCUT2D eigenvalue weighted by Gasteiger charge is 2.14. The number of carbonyl (C=O) groups excluding carboxylic acids is 2. The Morgan fingerprint density at radius 3 is 2.50 bits per heavy atom. The first-order valence-corrected chi connectivity index (χ1v) is 11.4. The van der Waals surface area contributed by atoms with E-state index in [9.17, 15) is 19.7 Å². The van der Waals surface area contributed by atoms with E-state index in [1.54, 1.807) is 12.1 Å². The Morgan fingerprint density at radius 2 is 1.83 bits per heavy atom. The van der Waals surface area contributed by atoms with Crippen molar-refractivity contribution in [2.45, 2.75) is 13.8 Å². The number of hydrogen-bond donors (Lipinski definition) is 2. The Balaban J connectivity index is 1.63. The molecule has 3 rings (SSSR count). The quantitative estimate of drug-likeness (QED) is 0.222. The molecule has 0 bridgehead atoms. The highest BCUT2D eigenvalue weighted by molar-refractivity contribution is 9.10. The van der Waals surface area contributed by atoms with Crippen LogP contribution < -0.4 is 20.2 Å². The molecule has 0 radical (unpaired) electrons. The van der Waals surface area contributed by atoms with Crippen molar-refractivity contribution in [1.29, 1.82) is 0 Å². The highest BCUT2D eigenvalue weighted by Crippen LogP contribution is 2.36. The van der Waals surface area contributed by atoms with Crippen molar-refractivity contribution in [3.63, 3.8) is 0 Å². The predicted octanol–water partition coefficient (Wildman–Crippen LogP) is 4.76. The normalized spacial score (nSPS) is 10.7. The Labute approximate surface area is 215 Å². The summed E-state index contributed by atoms with van der Waals surface area (Å²) < 4.78 is 11.6. The number of nitrogens with zero attached hydrogens (tertiary/aromatic N) is 2. The van der Waals surface area contributed by atoms with Crippen molar-refractivity contribution in [1.82, 2.24) is 5.43 Å².